The minimum Gasteiger partial charge on any atom is -0.496 e. The maximum atomic E-state index is 14.2. The number of methoxy groups -OCH3 is 1. The van der Waals surface area contributed by atoms with E-state index in [2.05, 4.69) is 15.3 Å². The molecule has 2 atom stereocenters. The lowest BCUT2D eigenvalue weighted by Crippen LogP contribution is -2.27. The number of benzene rings is 2. The monoisotopic (exact) mass is 532 g/mol. The van der Waals surface area contributed by atoms with Gasteiger partial charge < -0.3 is 10.1 Å². The van der Waals surface area contributed by atoms with Crippen LogP contribution in [0.5, 0.6) is 5.75 Å². The van der Waals surface area contributed by atoms with Crippen LogP contribution in [-0.2, 0) is 4.79 Å². The molecule has 0 fully saturated rings. The van der Waals surface area contributed by atoms with Gasteiger partial charge in [-0.1, -0.05) is 24.9 Å². The van der Waals surface area contributed by atoms with Crippen LogP contribution in [0.25, 0.3) is 22.4 Å². The van der Waals surface area contributed by atoms with Crippen molar-refractivity contribution in [3.05, 3.63) is 94.0 Å². The molecular formula is C29H26ClFN4O3. The predicted molar refractivity (Wildman–Crippen MR) is 145 cm³/mol. The van der Waals surface area contributed by atoms with E-state index >= 15 is 0 Å². The third-order valence-electron chi connectivity index (χ3n) is 6.84. The van der Waals surface area contributed by atoms with E-state index in [9.17, 15) is 14.0 Å². The van der Waals surface area contributed by atoms with Gasteiger partial charge in [-0.25, -0.2) is 9.37 Å². The molecule has 0 saturated heterocycles. The van der Waals surface area contributed by atoms with Gasteiger partial charge in [0.05, 0.1) is 30.9 Å². The van der Waals surface area contributed by atoms with Crippen molar-refractivity contribution < 1.29 is 13.9 Å². The number of carbonyl (C=O) groups is 1. The zero-order valence-corrected chi connectivity index (χ0v) is 21.7. The Bertz CT molecular complexity index is 1570. The summed E-state index contributed by atoms with van der Waals surface area (Å²) >= 11 is 6.18. The van der Waals surface area contributed by atoms with Gasteiger partial charge in [-0.15, -0.1) is 0 Å². The van der Waals surface area contributed by atoms with E-state index in [-0.39, 0.29) is 17.4 Å². The van der Waals surface area contributed by atoms with E-state index < -0.39 is 11.9 Å². The molecule has 0 unspecified atom stereocenters. The number of anilines is 1. The van der Waals surface area contributed by atoms with E-state index in [4.69, 9.17) is 16.3 Å². The topological polar surface area (TPSA) is 86.1 Å². The summed E-state index contributed by atoms with van der Waals surface area (Å²) in [5, 5.41) is 3.44. The minimum atomic E-state index is -0.433. The fourth-order valence-electron chi connectivity index (χ4n) is 4.77. The Balaban J connectivity index is 1.61. The molecule has 38 heavy (non-hydrogen) atoms. The molecule has 2 aromatic heterocycles. The van der Waals surface area contributed by atoms with Crippen molar-refractivity contribution in [1.29, 1.82) is 0 Å². The fraction of sp³-hybridized carbons (Fsp3) is 0.241. The van der Waals surface area contributed by atoms with Crippen molar-refractivity contribution in [2.75, 3.05) is 12.4 Å². The lowest BCUT2D eigenvalue weighted by Gasteiger charge is -2.23. The van der Waals surface area contributed by atoms with Gasteiger partial charge in [0.2, 0.25) is 5.91 Å². The highest BCUT2D eigenvalue weighted by atomic mass is 35.5. The number of halogens is 2. The average molecular weight is 533 g/mol. The molecule has 9 heteroatoms. The maximum absolute atomic E-state index is 14.2. The third kappa shape index (κ3) is 5.17. The van der Waals surface area contributed by atoms with Gasteiger partial charge in [-0.3, -0.25) is 19.1 Å². The van der Waals surface area contributed by atoms with Crippen molar-refractivity contribution in [2.24, 2.45) is 5.92 Å². The summed E-state index contributed by atoms with van der Waals surface area (Å²) in [6, 6.07) is 14.0. The molecule has 0 radical (unpaired) electrons. The largest absolute Gasteiger partial charge is 0.496 e. The summed E-state index contributed by atoms with van der Waals surface area (Å²) in [6.07, 6.45) is 4.99. The Hall–Kier alpha value is -4.04. The Morgan fingerprint density at radius 3 is 2.66 bits per heavy atom. The van der Waals surface area contributed by atoms with Gasteiger partial charge in [0.25, 0.3) is 5.56 Å². The third-order valence-corrected chi connectivity index (χ3v) is 7.08. The number of carbonyl (C=O) groups excluding carboxylic acids is 1. The van der Waals surface area contributed by atoms with Crippen molar-refractivity contribution in [3.63, 3.8) is 0 Å². The van der Waals surface area contributed by atoms with Crippen molar-refractivity contribution in [3.8, 4) is 28.1 Å². The number of nitrogens with one attached hydrogen (secondary N) is 1. The summed E-state index contributed by atoms with van der Waals surface area (Å²) < 4.78 is 21.2. The summed E-state index contributed by atoms with van der Waals surface area (Å²) in [6.45, 7) is 1.86. The van der Waals surface area contributed by atoms with E-state index in [1.54, 1.807) is 48.2 Å². The lowest BCUT2D eigenvalue weighted by molar-refractivity contribution is -0.119. The summed E-state index contributed by atoms with van der Waals surface area (Å²) in [4.78, 5) is 35.4. The first-order valence-corrected chi connectivity index (χ1v) is 12.7. The number of pyridine rings is 1. The first-order valence-electron chi connectivity index (χ1n) is 12.3. The fourth-order valence-corrected chi connectivity index (χ4v) is 4.94. The quantitative estimate of drug-likeness (QED) is 0.343. The standard InChI is InChI=1S/C29H26ClFN4O3/c1-17-4-3-5-26(35-16-33-24(15-28(35)36)22-13-19(30)6-9-27(22)38-2)25-12-18(10-11-32-25)21-14-20(31)7-8-23(21)34-29(17)37/h6-17,26H,3-5H2,1-2H3,(H,34,37)/t17-,26+/m1/s1. The smallest absolute Gasteiger partial charge is 0.254 e. The van der Waals surface area contributed by atoms with Crippen LogP contribution in [0.15, 0.2) is 71.9 Å². The van der Waals surface area contributed by atoms with Crippen molar-refractivity contribution >= 4 is 23.2 Å². The summed E-state index contributed by atoms with van der Waals surface area (Å²) in [5.74, 6) is -0.271. The SMILES string of the molecule is COc1ccc(Cl)cc1-c1cc(=O)n([C@H]2CCC[C@@H](C)C(=O)Nc3ccc(F)cc3-c3ccnc2c3)cn1. The lowest BCUT2D eigenvalue weighted by atomic mass is 9.95. The number of hydrogen-bond donors (Lipinski definition) is 1. The molecule has 2 bridgehead atoms. The first kappa shape index (κ1) is 25.6. The summed E-state index contributed by atoms with van der Waals surface area (Å²) in [7, 11) is 1.54. The van der Waals surface area contributed by atoms with Crippen molar-refractivity contribution in [2.45, 2.75) is 32.2 Å². The number of nitrogens with zero attached hydrogens (tertiary/aromatic N) is 3. The number of ether oxygens (including phenoxy) is 1. The Labute approximate surface area is 224 Å². The number of rotatable bonds is 3. The van der Waals surface area contributed by atoms with Crippen LogP contribution < -0.4 is 15.6 Å². The molecule has 1 amide bonds. The molecule has 1 N–H and O–H groups in total. The second-order valence-electron chi connectivity index (χ2n) is 9.36. The Kier molecular flexibility index (Phi) is 7.24. The molecule has 1 aliphatic rings. The van der Waals surface area contributed by atoms with E-state index in [1.807, 2.05) is 13.0 Å². The van der Waals surface area contributed by atoms with Crippen LogP contribution >= 0.6 is 11.6 Å². The maximum Gasteiger partial charge on any atom is 0.254 e. The van der Waals surface area contributed by atoms with Crippen LogP contribution in [-0.4, -0.2) is 27.6 Å². The van der Waals surface area contributed by atoms with Gasteiger partial charge in [-0.05, 0) is 66.9 Å². The molecule has 0 spiro atoms. The average Bonchev–Trinajstić information content (AvgIpc) is 2.91. The normalized spacial score (nSPS) is 17.5. The molecule has 7 nitrogen and oxygen atoms in total. The molecule has 3 heterocycles. The number of fused-ring (bicyclic) bond motifs is 4. The zero-order chi connectivity index (χ0) is 26.8. The Morgan fingerprint density at radius 2 is 1.87 bits per heavy atom. The van der Waals surface area contributed by atoms with Crippen LogP contribution in [0.1, 0.15) is 37.9 Å². The molecule has 0 aliphatic carbocycles. The first-order chi connectivity index (χ1) is 18.3. The van der Waals surface area contributed by atoms with Crippen molar-refractivity contribution in [1.82, 2.24) is 14.5 Å². The second kappa shape index (κ2) is 10.8. The van der Waals surface area contributed by atoms with Crippen LogP contribution in [0, 0.1) is 11.7 Å². The van der Waals surface area contributed by atoms with E-state index in [0.29, 0.717) is 63.8 Å². The number of amides is 1. The number of aromatic nitrogens is 3. The predicted octanol–water partition coefficient (Wildman–Crippen LogP) is 6.12. The molecule has 1 aliphatic heterocycles. The zero-order valence-electron chi connectivity index (χ0n) is 20.9. The molecule has 194 valence electrons. The molecule has 4 aromatic rings. The van der Waals surface area contributed by atoms with Crippen LogP contribution in [0.4, 0.5) is 10.1 Å². The summed E-state index contributed by atoms with van der Waals surface area (Å²) in [5.41, 5.74) is 3.19. The Morgan fingerprint density at radius 1 is 1.03 bits per heavy atom. The highest BCUT2D eigenvalue weighted by Crippen LogP contribution is 2.34. The second-order valence-corrected chi connectivity index (χ2v) is 9.80. The minimum absolute atomic E-state index is 0.136. The van der Waals surface area contributed by atoms with Gasteiger partial charge in [0.1, 0.15) is 11.6 Å². The molecule has 0 saturated carbocycles. The van der Waals surface area contributed by atoms with Gasteiger partial charge >= 0.3 is 0 Å². The van der Waals surface area contributed by atoms with Gasteiger partial charge in [-0.2, -0.15) is 0 Å². The van der Waals surface area contributed by atoms with Crippen LogP contribution in [0.3, 0.4) is 0 Å². The highest BCUT2D eigenvalue weighted by Gasteiger charge is 2.23. The van der Waals surface area contributed by atoms with Gasteiger partial charge in [0.15, 0.2) is 0 Å². The van der Waals surface area contributed by atoms with E-state index in [0.717, 1.165) is 0 Å². The van der Waals surface area contributed by atoms with Gasteiger partial charge in [0, 0.05) is 40.0 Å². The van der Waals surface area contributed by atoms with Crippen LogP contribution in [0.2, 0.25) is 5.02 Å². The molecular weight excluding hydrogens is 507 g/mol. The van der Waals surface area contributed by atoms with E-state index in [1.165, 1.54) is 24.5 Å². The molecule has 2 aromatic carbocycles. The number of hydrogen-bond acceptors (Lipinski definition) is 5. The highest BCUT2D eigenvalue weighted by molar-refractivity contribution is 6.31. The molecule has 5 rings (SSSR count).